The first kappa shape index (κ1) is 21.8. The molecule has 2 rings (SSSR count). The van der Waals surface area contributed by atoms with E-state index in [1.54, 1.807) is 19.1 Å². The molecule has 0 saturated heterocycles. The number of amides is 1. The molecule has 0 aliphatic rings. The molecule has 1 amide bonds. The van der Waals surface area contributed by atoms with Gasteiger partial charge in [-0.2, -0.15) is 0 Å². The van der Waals surface area contributed by atoms with Crippen LogP contribution in [0.3, 0.4) is 0 Å². The molecule has 0 heterocycles. The van der Waals surface area contributed by atoms with Crippen molar-refractivity contribution in [3.8, 4) is 5.75 Å². The van der Waals surface area contributed by atoms with E-state index < -0.39 is 21.9 Å². The van der Waals surface area contributed by atoms with Crippen LogP contribution in [-0.4, -0.2) is 34.0 Å². The maximum atomic E-state index is 13.9. The minimum absolute atomic E-state index is 0.0270. The van der Waals surface area contributed by atoms with Crippen LogP contribution >= 0.6 is 0 Å². The second kappa shape index (κ2) is 9.13. The summed E-state index contributed by atoms with van der Waals surface area (Å²) < 4.78 is 41.4. The van der Waals surface area contributed by atoms with Crippen molar-refractivity contribution in [3.05, 3.63) is 53.8 Å². The predicted octanol–water partition coefficient (Wildman–Crippen LogP) is 0.914. The molecule has 9 heteroatoms. The van der Waals surface area contributed by atoms with E-state index in [0.29, 0.717) is 18.8 Å². The summed E-state index contributed by atoms with van der Waals surface area (Å²) in [5, 5.41) is 7.82. The SMILES string of the molecule is CC[NH+](Cc1ccc(OC)c(F)c1)[C@@H](C)C(=O)Nc1ccc(S(N)(=O)=O)cc1. The number of primary sulfonamides is 1. The van der Waals surface area contributed by atoms with Crippen molar-refractivity contribution >= 4 is 21.6 Å². The Kier molecular flexibility index (Phi) is 7.11. The van der Waals surface area contributed by atoms with E-state index in [4.69, 9.17) is 9.88 Å². The molecule has 2 atom stereocenters. The lowest BCUT2D eigenvalue weighted by atomic mass is 10.1. The van der Waals surface area contributed by atoms with Crippen LogP contribution in [-0.2, 0) is 21.4 Å². The summed E-state index contributed by atoms with van der Waals surface area (Å²) in [5.41, 5.74) is 1.22. The van der Waals surface area contributed by atoms with E-state index >= 15 is 0 Å². The third-order valence-electron chi connectivity index (χ3n) is 4.56. The minimum Gasteiger partial charge on any atom is -0.494 e. The molecule has 0 aromatic heterocycles. The van der Waals surface area contributed by atoms with Crippen LogP contribution < -0.4 is 20.1 Å². The highest BCUT2D eigenvalue weighted by atomic mass is 32.2. The van der Waals surface area contributed by atoms with Crippen LogP contribution in [0.2, 0.25) is 0 Å². The normalized spacial score (nSPS) is 13.6. The van der Waals surface area contributed by atoms with Crippen molar-refractivity contribution in [2.45, 2.75) is 31.3 Å². The average molecular weight is 410 g/mol. The van der Waals surface area contributed by atoms with Gasteiger partial charge in [-0.15, -0.1) is 0 Å². The lowest BCUT2D eigenvalue weighted by Gasteiger charge is -2.24. The zero-order chi connectivity index (χ0) is 20.9. The van der Waals surface area contributed by atoms with Crippen molar-refractivity contribution in [2.24, 2.45) is 5.14 Å². The summed E-state index contributed by atoms with van der Waals surface area (Å²) in [6.07, 6.45) is 0. The highest BCUT2D eigenvalue weighted by molar-refractivity contribution is 7.89. The Bertz CT molecular complexity index is 933. The molecule has 7 nitrogen and oxygen atoms in total. The average Bonchev–Trinajstić information content (AvgIpc) is 2.65. The van der Waals surface area contributed by atoms with E-state index in [-0.39, 0.29) is 16.6 Å². The molecule has 28 heavy (non-hydrogen) atoms. The first-order chi connectivity index (χ1) is 13.2. The molecule has 0 spiro atoms. The van der Waals surface area contributed by atoms with E-state index in [1.807, 2.05) is 6.92 Å². The molecule has 2 aromatic carbocycles. The second-order valence-electron chi connectivity index (χ2n) is 6.44. The van der Waals surface area contributed by atoms with Crippen LogP contribution in [0.25, 0.3) is 0 Å². The van der Waals surface area contributed by atoms with Gasteiger partial charge in [0.25, 0.3) is 5.91 Å². The largest absolute Gasteiger partial charge is 0.494 e. The number of likely N-dealkylation sites (N-methyl/N-ethyl adjacent to an activating group) is 1. The van der Waals surface area contributed by atoms with E-state index in [1.165, 1.54) is 37.4 Å². The molecule has 1 unspecified atom stereocenters. The number of ether oxygens (including phenoxy) is 1. The standard InChI is InChI=1S/C19H24FN3O4S/c1-4-23(12-14-5-10-18(27-3)17(20)11-14)13(2)19(24)22-15-6-8-16(9-7-15)28(21,25)26/h5-11,13H,4,12H2,1-3H3,(H,22,24)(H2,21,25,26)/p+1/t13-/m0/s1. The Morgan fingerprint density at radius 2 is 1.89 bits per heavy atom. The number of methoxy groups -OCH3 is 1. The number of rotatable bonds is 8. The summed E-state index contributed by atoms with van der Waals surface area (Å²) in [4.78, 5) is 13.5. The highest BCUT2D eigenvalue weighted by Gasteiger charge is 2.24. The fourth-order valence-corrected chi connectivity index (χ4v) is 3.35. The first-order valence-corrected chi connectivity index (χ1v) is 10.3. The zero-order valence-corrected chi connectivity index (χ0v) is 16.8. The number of nitrogens with one attached hydrogen (secondary N) is 2. The molecule has 2 aromatic rings. The molecular weight excluding hydrogens is 385 g/mol. The van der Waals surface area contributed by atoms with Gasteiger partial charge in [0, 0.05) is 11.3 Å². The molecule has 152 valence electrons. The number of sulfonamides is 1. The molecule has 0 radical (unpaired) electrons. The second-order valence-corrected chi connectivity index (χ2v) is 8.00. The van der Waals surface area contributed by atoms with Gasteiger partial charge in [-0.05, 0) is 56.3 Å². The summed E-state index contributed by atoms with van der Waals surface area (Å²) in [5.74, 6) is -0.493. The fourth-order valence-electron chi connectivity index (χ4n) is 2.83. The number of carbonyl (C=O) groups excluding carboxylic acids is 1. The maximum absolute atomic E-state index is 13.9. The topological polar surface area (TPSA) is 103 Å². The fraction of sp³-hybridized carbons (Fsp3) is 0.316. The Morgan fingerprint density at radius 3 is 2.39 bits per heavy atom. The van der Waals surface area contributed by atoms with Gasteiger partial charge in [-0.1, -0.05) is 0 Å². The van der Waals surface area contributed by atoms with Gasteiger partial charge >= 0.3 is 0 Å². The molecule has 0 saturated carbocycles. The van der Waals surface area contributed by atoms with Crippen LogP contribution in [0, 0.1) is 5.82 Å². The number of halogens is 1. The lowest BCUT2D eigenvalue weighted by molar-refractivity contribution is -0.925. The van der Waals surface area contributed by atoms with Crippen LogP contribution in [0.15, 0.2) is 47.4 Å². The third kappa shape index (κ3) is 5.51. The smallest absolute Gasteiger partial charge is 0.282 e. The van der Waals surface area contributed by atoms with Crippen molar-refractivity contribution in [1.29, 1.82) is 0 Å². The van der Waals surface area contributed by atoms with Crippen LogP contribution in [0.4, 0.5) is 10.1 Å². The van der Waals surface area contributed by atoms with E-state index in [9.17, 15) is 17.6 Å². The number of anilines is 1. The number of hydrogen-bond donors (Lipinski definition) is 3. The van der Waals surface area contributed by atoms with Crippen molar-refractivity contribution in [2.75, 3.05) is 19.0 Å². The molecule has 0 bridgehead atoms. The van der Waals surface area contributed by atoms with Gasteiger partial charge < -0.3 is 15.0 Å². The van der Waals surface area contributed by atoms with Crippen molar-refractivity contribution < 1.29 is 27.2 Å². The van der Waals surface area contributed by atoms with Gasteiger partial charge in [0.05, 0.1) is 18.6 Å². The molecular formula is C19H25FN3O4S+. The van der Waals surface area contributed by atoms with E-state index in [0.717, 1.165) is 10.5 Å². The Morgan fingerprint density at radius 1 is 1.25 bits per heavy atom. The van der Waals surface area contributed by atoms with E-state index in [2.05, 4.69) is 5.32 Å². The Balaban J connectivity index is 2.06. The number of nitrogens with two attached hydrogens (primary N) is 1. The van der Waals surface area contributed by atoms with Gasteiger partial charge in [0.2, 0.25) is 10.0 Å². The minimum atomic E-state index is -3.78. The highest BCUT2D eigenvalue weighted by Crippen LogP contribution is 2.17. The maximum Gasteiger partial charge on any atom is 0.282 e. The van der Waals surface area contributed by atoms with Crippen molar-refractivity contribution in [3.63, 3.8) is 0 Å². The Labute approximate surface area is 164 Å². The summed E-state index contributed by atoms with van der Waals surface area (Å²) >= 11 is 0. The van der Waals surface area contributed by atoms with Crippen LogP contribution in [0.1, 0.15) is 19.4 Å². The molecule has 0 aliphatic carbocycles. The van der Waals surface area contributed by atoms with Crippen LogP contribution in [0.5, 0.6) is 5.75 Å². The summed E-state index contributed by atoms with van der Waals surface area (Å²) in [6, 6.07) is 9.96. The molecule has 0 fully saturated rings. The predicted molar refractivity (Wildman–Crippen MR) is 104 cm³/mol. The van der Waals surface area contributed by atoms with Gasteiger partial charge in [-0.3, -0.25) is 4.79 Å². The number of carbonyl (C=O) groups is 1. The number of hydrogen-bond acceptors (Lipinski definition) is 4. The molecule has 0 aliphatic heterocycles. The van der Waals surface area contributed by atoms with Gasteiger partial charge in [0.1, 0.15) is 6.54 Å². The quantitative estimate of drug-likeness (QED) is 0.602. The summed E-state index contributed by atoms with van der Waals surface area (Å²) in [6.45, 7) is 4.86. The zero-order valence-electron chi connectivity index (χ0n) is 16.0. The van der Waals surface area contributed by atoms with Crippen molar-refractivity contribution in [1.82, 2.24) is 0 Å². The first-order valence-electron chi connectivity index (χ1n) is 8.76. The summed E-state index contributed by atoms with van der Waals surface area (Å²) in [7, 11) is -2.38. The third-order valence-corrected chi connectivity index (χ3v) is 5.49. The number of quaternary nitrogens is 1. The van der Waals surface area contributed by atoms with Gasteiger partial charge in [0.15, 0.2) is 17.6 Å². The number of benzene rings is 2. The van der Waals surface area contributed by atoms with Gasteiger partial charge in [-0.25, -0.2) is 17.9 Å². The lowest BCUT2D eigenvalue weighted by Crippen LogP contribution is -3.15. The monoisotopic (exact) mass is 410 g/mol. The Hall–Kier alpha value is -2.49. The molecule has 4 N–H and O–H groups in total.